The van der Waals surface area contributed by atoms with Gasteiger partial charge in [-0.15, -0.1) is 22.0 Å². The summed E-state index contributed by atoms with van der Waals surface area (Å²) >= 11 is 0. The molecule has 12 nitrogen and oxygen atoms in total. The number of hydrogen-bond acceptors (Lipinski definition) is 6. The van der Waals surface area contributed by atoms with Crippen molar-refractivity contribution in [3.05, 3.63) is 72.6 Å². The van der Waals surface area contributed by atoms with Gasteiger partial charge in [-0.2, -0.15) is 0 Å². The lowest BCUT2D eigenvalue weighted by atomic mass is 9.91. The highest BCUT2D eigenvalue weighted by Crippen LogP contribution is 2.37. The van der Waals surface area contributed by atoms with Gasteiger partial charge in [0.05, 0.1) is 29.9 Å². The van der Waals surface area contributed by atoms with Crippen LogP contribution in [0, 0.1) is 0 Å². The highest BCUT2D eigenvalue weighted by molar-refractivity contribution is 5.92. The summed E-state index contributed by atoms with van der Waals surface area (Å²) in [5.41, 5.74) is 4.03. The Morgan fingerprint density at radius 1 is 0.762 bits per heavy atom. The van der Waals surface area contributed by atoms with Crippen LogP contribution in [0.2, 0.25) is 0 Å². The van der Waals surface area contributed by atoms with Gasteiger partial charge in [-0.05, 0) is 36.6 Å². The summed E-state index contributed by atoms with van der Waals surface area (Å²) in [5, 5.41) is 3.17. The van der Waals surface area contributed by atoms with Crippen LogP contribution < -0.4 is 9.64 Å². The molecule has 2 aliphatic rings. The fourth-order valence-corrected chi connectivity index (χ4v) is 5.76. The van der Waals surface area contributed by atoms with Crippen LogP contribution in [-0.4, -0.2) is 98.7 Å². The van der Waals surface area contributed by atoms with E-state index in [1.807, 2.05) is 48.7 Å². The van der Waals surface area contributed by atoms with Crippen molar-refractivity contribution >= 4 is 39.9 Å². The highest BCUT2D eigenvalue weighted by atomic mass is 35.5. The molecule has 4 heterocycles. The number of anilines is 1. The monoisotopic (exact) mass is 615 g/mol. The van der Waals surface area contributed by atoms with Crippen LogP contribution in [0.25, 0.3) is 21.8 Å². The molecule has 236 valence electrons. The molecule has 0 saturated carbocycles. The number of aromatic nitrogens is 2. The van der Waals surface area contributed by atoms with Gasteiger partial charge in [0.2, 0.25) is 0 Å². The largest absolute Gasteiger partial charge is 0.497 e. The van der Waals surface area contributed by atoms with Crippen LogP contribution in [0.3, 0.4) is 0 Å². The van der Waals surface area contributed by atoms with Gasteiger partial charge < -0.3 is 42.5 Å². The van der Waals surface area contributed by atoms with E-state index >= 15 is 4.48 Å². The molecule has 2 aromatic heterocycles. The second kappa shape index (κ2) is 17.7. The molecule has 2 unspecified atom stereocenters. The Morgan fingerprint density at radius 3 is 2.05 bits per heavy atom. The summed E-state index contributed by atoms with van der Waals surface area (Å²) in [6, 6.07) is 18.3. The van der Waals surface area contributed by atoms with Gasteiger partial charge in [-0.25, -0.2) is 0 Å². The number of hydrogen-bond donors (Lipinski definition) is 0. The summed E-state index contributed by atoms with van der Waals surface area (Å²) in [7, 11) is 1.71. The zero-order chi connectivity index (χ0) is 23.8. The maximum absolute atomic E-state index is 15.1. The van der Waals surface area contributed by atoms with E-state index in [1.54, 1.807) is 13.3 Å². The Hall–Kier alpha value is -3.24. The zero-order valence-corrected chi connectivity index (χ0v) is 24.2. The molecule has 2 saturated heterocycles. The maximum atomic E-state index is 15.1. The van der Waals surface area contributed by atoms with Crippen molar-refractivity contribution < 1.29 is 42.1 Å². The number of piperidine rings is 1. The molecule has 2 atom stereocenters. The number of para-hydroxylation sites is 1. The Labute approximate surface area is 249 Å². The standard InChI is InChI=1S/C28H30FN5O.ClH.6H2O/c1-35-23-17-21-7-4-11-31-28(21)26(19-23)33-15-13-32(14-16-33)22-9-12-34(29)25(18-22)24-8-2-5-20-6-3-10-30-27(20)24;;;;;;;/h2-8,10-11,17,19,22,25H,9,12-16,18H2,1H3;1H;6*1H2. The van der Waals surface area contributed by atoms with Gasteiger partial charge in [0.1, 0.15) is 5.75 Å². The predicted molar refractivity (Wildman–Crippen MR) is 166 cm³/mol. The van der Waals surface area contributed by atoms with E-state index in [4.69, 9.17) is 4.74 Å². The summed E-state index contributed by atoms with van der Waals surface area (Å²) in [5.74, 6) is 0.852. The summed E-state index contributed by atoms with van der Waals surface area (Å²) in [4.78, 5) is 14.2. The highest BCUT2D eigenvalue weighted by Gasteiger charge is 2.35. The quantitative estimate of drug-likeness (QED) is 0.296. The van der Waals surface area contributed by atoms with Crippen molar-refractivity contribution in [2.45, 2.75) is 24.9 Å². The Kier molecular flexibility index (Phi) is 17.2. The van der Waals surface area contributed by atoms with Gasteiger partial charge in [-0.1, -0.05) is 30.3 Å². The number of halogens is 2. The molecule has 6 rings (SSSR count). The van der Waals surface area contributed by atoms with Crippen molar-refractivity contribution in [1.82, 2.24) is 20.0 Å². The van der Waals surface area contributed by atoms with Crippen LogP contribution in [0.4, 0.5) is 10.2 Å². The number of ether oxygens (including phenoxy) is 1. The first-order valence-corrected chi connectivity index (χ1v) is 12.4. The van der Waals surface area contributed by atoms with Gasteiger partial charge in [0.25, 0.3) is 0 Å². The van der Waals surface area contributed by atoms with Crippen molar-refractivity contribution in [3.8, 4) is 5.75 Å². The van der Waals surface area contributed by atoms with Crippen molar-refractivity contribution in [1.29, 1.82) is 0 Å². The summed E-state index contributed by atoms with van der Waals surface area (Å²) < 4.78 is 20.6. The van der Waals surface area contributed by atoms with Gasteiger partial charge in [0, 0.05) is 68.0 Å². The minimum absolute atomic E-state index is 0. The lowest BCUT2D eigenvalue weighted by Gasteiger charge is -2.44. The number of fused-ring (bicyclic) bond motifs is 2. The minimum atomic E-state index is -0.267. The Balaban J connectivity index is 0. The molecule has 2 aliphatic heterocycles. The van der Waals surface area contributed by atoms with Crippen LogP contribution in [-0.2, 0) is 0 Å². The Morgan fingerprint density at radius 2 is 1.38 bits per heavy atom. The SMILES string of the molecule is COc1cc(N2CCN(C3CCN(F)C(c4cccc5cccnc45)C3)CC2)c2ncccc2c1.Cl.O.O.O.O.O.O. The third-order valence-corrected chi connectivity index (χ3v) is 7.60. The molecule has 0 radical (unpaired) electrons. The molecule has 0 amide bonds. The van der Waals surface area contributed by atoms with Gasteiger partial charge in [-0.3, -0.25) is 14.9 Å². The molecule has 4 aromatic rings. The molecule has 2 aromatic carbocycles. The van der Waals surface area contributed by atoms with E-state index in [9.17, 15) is 0 Å². The molecule has 12 N–H and O–H groups in total. The number of methoxy groups -OCH3 is 1. The lowest BCUT2D eigenvalue weighted by Crippen LogP contribution is -2.53. The first-order chi connectivity index (χ1) is 17.2. The zero-order valence-electron chi connectivity index (χ0n) is 23.4. The number of piperazine rings is 1. The third-order valence-electron chi connectivity index (χ3n) is 7.60. The third kappa shape index (κ3) is 7.77. The molecule has 42 heavy (non-hydrogen) atoms. The number of nitrogens with zero attached hydrogens (tertiary/aromatic N) is 5. The average molecular weight is 616 g/mol. The van der Waals surface area contributed by atoms with E-state index in [0.717, 1.165) is 82.9 Å². The first-order valence-electron chi connectivity index (χ1n) is 12.4. The van der Waals surface area contributed by atoms with E-state index in [0.29, 0.717) is 12.6 Å². The molecule has 0 bridgehead atoms. The lowest BCUT2D eigenvalue weighted by molar-refractivity contribution is -0.0693. The van der Waals surface area contributed by atoms with Crippen LogP contribution in [0.5, 0.6) is 5.75 Å². The van der Waals surface area contributed by atoms with E-state index < -0.39 is 0 Å². The summed E-state index contributed by atoms with van der Waals surface area (Å²) in [6.07, 6.45) is 5.26. The van der Waals surface area contributed by atoms with Crippen LogP contribution >= 0.6 is 12.4 Å². The molecule has 0 spiro atoms. The second-order valence-corrected chi connectivity index (χ2v) is 9.48. The van der Waals surface area contributed by atoms with Gasteiger partial charge in [0.15, 0.2) is 0 Å². The maximum Gasteiger partial charge on any atom is 0.121 e. The fraction of sp³-hybridized carbons (Fsp3) is 0.357. The number of pyridine rings is 2. The number of rotatable bonds is 4. The van der Waals surface area contributed by atoms with Crippen LogP contribution in [0.15, 0.2) is 67.0 Å². The van der Waals surface area contributed by atoms with E-state index in [1.165, 1.54) is 0 Å². The molecular weight excluding hydrogens is 573 g/mol. The van der Waals surface area contributed by atoms with Crippen molar-refractivity contribution in [2.75, 3.05) is 44.7 Å². The second-order valence-electron chi connectivity index (χ2n) is 9.48. The molecule has 2 fully saturated rings. The van der Waals surface area contributed by atoms with Crippen molar-refractivity contribution in [2.24, 2.45) is 0 Å². The van der Waals surface area contributed by atoms with Crippen LogP contribution in [0.1, 0.15) is 24.4 Å². The average Bonchev–Trinajstić information content (AvgIpc) is 2.92. The fourth-order valence-electron chi connectivity index (χ4n) is 5.76. The molecule has 0 aliphatic carbocycles. The predicted octanol–water partition coefficient (Wildman–Crippen LogP) is 0.477. The first kappa shape index (κ1) is 40.9. The minimum Gasteiger partial charge on any atom is -0.497 e. The van der Waals surface area contributed by atoms with E-state index in [-0.39, 0.29) is 51.3 Å². The Bertz CT molecular complexity index is 1360. The normalized spacial score (nSPS) is 18.4. The number of benzene rings is 2. The topological polar surface area (TPSA) is 234 Å². The smallest absolute Gasteiger partial charge is 0.121 e. The van der Waals surface area contributed by atoms with Crippen molar-refractivity contribution in [3.63, 3.8) is 0 Å². The molecular formula is C28H43ClFN5O7. The summed E-state index contributed by atoms with van der Waals surface area (Å²) in [6.45, 7) is 4.17. The molecule has 14 heteroatoms. The van der Waals surface area contributed by atoms with E-state index in [2.05, 4.69) is 31.9 Å². The van der Waals surface area contributed by atoms with Gasteiger partial charge >= 0.3 is 0 Å².